The van der Waals surface area contributed by atoms with Crippen molar-refractivity contribution in [2.75, 3.05) is 19.6 Å². The van der Waals surface area contributed by atoms with E-state index in [0.717, 1.165) is 86.1 Å². The number of nitrogens with one attached hydrogen (secondary N) is 3. The molecule has 6 aromatic rings. The Morgan fingerprint density at radius 2 is 0.782 bits per heavy atom. The number of carboxylic acid groups (broad SMARTS) is 3. The van der Waals surface area contributed by atoms with Crippen molar-refractivity contribution in [2.24, 2.45) is 0 Å². The second kappa shape index (κ2) is 34.3. The van der Waals surface area contributed by atoms with Crippen LogP contribution in [-0.4, -0.2) is 88.1 Å². The summed E-state index contributed by atoms with van der Waals surface area (Å²) in [5.74, 6) is -4.21. The minimum atomic E-state index is -4.40. The Kier molecular flexibility index (Phi) is 28.8. The Bertz CT molecular complexity index is 3110. The zero-order valence-electron chi connectivity index (χ0n) is 50.3. The molecule has 0 spiro atoms. The van der Waals surface area contributed by atoms with Crippen molar-refractivity contribution in [1.29, 1.82) is 0 Å². The zero-order valence-corrected chi connectivity index (χ0v) is 50.3. The van der Waals surface area contributed by atoms with Crippen LogP contribution < -0.4 is 87.9 Å². The van der Waals surface area contributed by atoms with Gasteiger partial charge in [0.2, 0.25) is 17.7 Å². The molecule has 3 N–H and O–H groups in total. The van der Waals surface area contributed by atoms with Crippen molar-refractivity contribution in [1.82, 2.24) is 30.7 Å². The van der Waals surface area contributed by atoms with Gasteiger partial charge in [-0.1, -0.05) is 133 Å². The van der Waals surface area contributed by atoms with Crippen LogP contribution in [0, 0.1) is 12.7 Å². The number of likely N-dealkylation sites (tertiary alicyclic amines) is 3. The minimum absolute atomic E-state index is 0. The Balaban J connectivity index is 0.000000275. The maximum Gasteiger partial charge on any atom is 1.00 e. The number of carbonyl (C=O) groups is 6. The smallest absolute Gasteiger partial charge is 0.545 e. The van der Waals surface area contributed by atoms with Crippen molar-refractivity contribution in [2.45, 2.75) is 128 Å². The number of carbonyl (C=O) groups excluding carboxylic acids is 6. The zero-order chi connectivity index (χ0) is 60.7. The van der Waals surface area contributed by atoms with E-state index in [1.165, 1.54) is 65.7 Å². The fourth-order valence-corrected chi connectivity index (χ4v) is 10.8. The van der Waals surface area contributed by atoms with Crippen molar-refractivity contribution < 1.29 is 118 Å². The first-order chi connectivity index (χ1) is 40.0. The molecule has 0 bridgehead atoms. The van der Waals surface area contributed by atoms with Crippen LogP contribution in [0.1, 0.15) is 153 Å². The molecule has 444 valence electrons. The number of hydrogen-bond donors (Lipinski definition) is 3. The summed E-state index contributed by atoms with van der Waals surface area (Å²) in [6.45, 7) is 11.5. The van der Waals surface area contributed by atoms with Gasteiger partial charge >= 0.3 is 62.8 Å². The van der Waals surface area contributed by atoms with E-state index in [-0.39, 0.29) is 134 Å². The van der Waals surface area contributed by atoms with Gasteiger partial charge in [-0.05, 0) is 154 Å². The Hall–Kier alpha value is -6.47. The topological polar surface area (TPSA) is 217 Å². The van der Waals surface area contributed by atoms with Gasteiger partial charge in [0.1, 0.15) is 5.82 Å². The Labute approximate surface area is 541 Å². The third-order valence-electron chi connectivity index (χ3n) is 15.4. The summed E-state index contributed by atoms with van der Waals surface area (Å²) in [7, 11) is 0. The number of benzene rings is 6. The van der Waals surface area contributed by atoms with Crippen LogP contribution in [-0.2, 0) is 40.2 Å². The first-order valence-electron chi connectivity index (χ1n) is 28.1. The normalized spacial score (nSPS) is 17.6. The number of aromatic carboxylic acids is 3. The van der Waals surface area contributed by atoms with Crippen LogP contribution in [0.25, 0.3) is 0 Å². The van der Waals surface area contributed by atoms with E-state index < -0.39 is 35.7 Å². The number of nitrogens with zero attached hydrogens (tertiary/aromatic N) is 3. The molecule has 9 rings (SSSR count). The third-order valence-corrected chi connectivity index (χ3v) is 15.4. The van der Waals surface area contributed by atoms with Gasteiger partial charge in [0.05, 0.1) is 59.7 Å². The molecule has 0 aromatic heterocycles. The maximum absolute atomic E-state index is 13.4. The van der Waals surface area contributed by atoms with Crippen LogP contribution in [0.5, 0.6) is 0 Å². The fraction of sp³-hybridized carbons (Fsp3) is 0.354. The molecule has 0 aliphatic carbocycles. The third kappa shape index (κ3) is 21.4. The van der Waals surface area contributed by atoms with Gasteiger partial charge in [-0.3, -0.25) is 29.1 Å². The molecule has 3 aliphatic heterocycles. The summed E-state index contributed by atoms with van der Waals surface area (Å²) in [6, 6.07) is 37.2. The average Bonchev–Trinajstić information content (AvgIpc) is 4.14. The number of amides is 3. The number of aryl methyl sites for hydroxylation is 1. The molecule has 3 fully saturated rings. The molecule has 15 nitrogen and oxygen atoms in total. The molecule has 3 aliphatic rings. The van der Waals surface area contributed by atoms with E-state index in [1.54, 1.807) is 55.5 Å². The quantitative estimate of drug-likeness (QED) is 0.0640. The molecule has 6 aromatic carbocycles. The number of hydrogen-bond acceptors (Lipinski definition) is 12. The second-order valence-electron chi connectivity index (χ2n) is 21.6. The summed E-state index contributed by atoms with van der Waals surface area (Å²) in [5.41, 5.74) is 5.84. The summed E-state index contributed by atoms with van der Waals surface area (Å²) in [6.07, 6.45) is 0.554. The van der Waals surface area contributed by atoms with Crippen LogP contribution in [0.4, 0.5) is 17.6 Å². The average molecular weight is 1180 g/mol. The second-order valence-corrected chi connectivity index (χ2v) is 21.6. The largest absolute Gasteiger partial charge is 1.00 e. The first kappa shape index (κ1) is 73.0. The van der Waals surface area contributed by atoms with E-state index >= 15 is 0 Å². The molecule has 0 radical (unpaired) electrons. The van der Waals surface area contributed by atoms with Crippen LogP contribution in [0.15, 0.2) is 146 Å². The number of rotatable bonds is 18. The predicted molar refractivity (Wildman–Crippen MR) is 301 cm³/mol. The fourth-order valence-electron chi connectivity index (χ4n) is 10.8. The van der Waals surface area contributed by atoms with Crippen molar-refractivity contribution in [3.05, 3.63) is 213 Å². The minimum Gasteiger partial charge on any atom is -0.545 e. The monoisotopic (exact) mass is 1170 g/mol. The molecule has 6 atom stereocenters. The van der Waals surface area contributed by atoms with Crippen molar-refractivity contribution in [3.63, 3.8) is 0 Å². The molecule has 0 unspecified atom stereocenters. The molecule has 22 heteroatoms. The molecule has 87 heavy (non-hydrogen) atoms. The van der Waals surface area contributed by atoms with Gasteiger partial charge < -0.3 is 45.7 Å². The standard InChI is InChI=1S/C22H23F3N2O3.C22H26N2O3.C21H23FN2O3.3Li/c1-14(16-7-9-17(10-8-16)21(29)30)26-20(28)19-6-3-11-27(19)13-15-4-2-5-18(12-15)22(23,24)25;1-15-5-3-6-17(13-15)14-24-12-4-7-20(24)21(25)23-16(2)18-8-10-19(11-9-18)22(26)27;1-14(16-7-9-17(10-8-16)21(26)27)23-20(25)19-6-3-11-24(19)13-15-4-2-5-18(22)12-15;;;/h2,4-5,7-10,12,14,19H,3,6,11,13H2,1H3,(H,26,28)(H,29,30);3,5-6,8-11,13,16,20H,4,7,12,14H2,1-2H3,(H,23,25)(H,26,27);2,4-5,7-10,12,14,19H,3,6,11,13H2,1H3,(H,23,25)(H,26,27);;;/q;;;3*+1/p-3/t14-,19+;16-,20+;14-,19+;;;/m000.../s1. The van der Waals surface area contributed by atoms with Gasteiger partial charge in [0.15, 0.2) is 0 Å². The molecule has 3 amide bonds. The number of carboxylic acids is 3. The van der Waals surface area contributed by atoms with Crippen LogP contribution >= 0.6 is 0 Å². The van der Waals surface area contributed by atoms with E-state index in [1.807, 2.05) is 30.9 Å². The van der Waals surface area contributed by atoms with Gasteiger partial charge in [0.25, 0.3) is 0 Å². The SMILES string of the molecule is C[C@H](NC(=O)[C@H]1CCCN1Cc1cccc(C(F)(F)F)c1)c1ccc(C(=O)[O-])cc1.C[C@H](NC(=O)[C@H]1CCCN1Cc1cccc(F)c1)c1ccc(C(=O)[O-])cc1.Cc1cccc(CN2CCC[C@@H]2C(=O)N[C@@H](C)c2ccc(C(=O)[O-])cc2)c1.[Li+].[Li+].[Li+]. The Morgan fingerprint density at radius 1 is 0.471 bits per heavy atom. The summed E-state index contributed by atoms with van der Waals surface area (Å²) in [5, 5.41) is 41.5. The van der Waals surface area contributed by atoms with E-state index in [2.05, 4.69) is 50.9 Å². The molecular weight excluding hydrogens is 1110 g/mol. The summed E-state index contributed by atoms with van der Waals surface area (Å²) in [4.78, 5) is 77.1. The predicted octanol–water partition coefficient (Wildman–Crippen LogP) is -1.85. The molecule has 3 saturated heterocycles. The molecular formula is C65H69F4Li3N6O9. The van der Waals surface area contributed by atoms with Gasteiger partial charge in [0, 0.05) is 19.6 Å². The van der Waals surface area contributed by atoms with Crippen molar-refractivity contribution >= 4 is 35.6 Å². The Morgan fingerprint density at radius 3 is 1.09 bits per heavy atom. The van der Waals surface area contributed by atoms with Gasteiger partial charge in [-0.2, -0.15) is 13.2 Å². The van der Waals surface area contributed by atoms with E-state index in [4.69, 9.17) is 0 Å². The maximum atomic E-state index is 13.4. The molecule has 0 saturated carbocycles. The summed E-state index contributed by atoms with van der Waals surface area (Å²) < 4.78 is 52.2. The van der Waals surface area contributed by atoms with Gasteiger partial charge in [-0.25, -0.2) is 4.39 Å². The summed E-state index contributed by atoms with van der Waals surface area (Å²) >= 11 is 0. The van der Waals surface area contributed by atoms with E-state index in [9.17, 15) is 61.6 Å². The number of halogens is 4. The van der Waals surface area contributed by atoms with E-state index in [0.29, 0.717) is 25.1 Å². The van der Waals surface area contributed by atoms with Crippen LogP contribution in [0.3, 0.4) is 0 Å². The van der Waals surface area contributed by atoms with Crippen molar-refractivity contribution in [3.8, 4) is 0 Å². The number of alkyl halides is 3. The first-order valence-corrected chi connectivity index (χ1v) is 28.1. The van der Waals surface area contributed by atoms with Gasteiger partial charge in [-0.15, -0.1) is 0 Å². The van der Waals surface area contributed by atoms with Crippen LogP contribution in [0.2, 0.25) is 0 Å². The molecule has 3 heterocycles.